The van der Waals surface area contributed by atoms with E-state index in [4.69, 9.17) is 32.7 Å². The van der Waals surface area contributed by atoms with Gasteiger partial charge in [-0.05, 0) is 42.3 Å². The summed E-state index contributed by atoms with van der Waals surface area (Å²) >= 11 is 12.6. The lowest BCUT2D eigenvalue weighted by atomic mass is 10.1. The molecule has 0 heterocycles. The number of ether oxygens (including phenoxy) is 2. The average Bonchev–Trinajstić information content (AvgIpc) is 2.82. The topological polar surface area (TPSA) is 71.3 Å². The molecular formula is C26H22Cl2N2O3. The highest BCUT2D eigenvalue weighted by Crippen LogP contribution is 2.38. The lowest BCUT2D eigenvalue weighted by Gasteiger charge is -2.15. The van der Waals surface area contributed by atoms with Gasteiger partial charge in [0.15, 0.2) is 11.5 Å². The third kappa shape index (κ3) is 6.29. The summed E-state index contributed by atoms with van der Waals surface area (Å²) < 4.78 is 11.3. The molecule has 0 fully saturated rings. The standard InChI is InChI=1S/C26H22Cl2N2O3/c1-17(19-8-4-3-5-9-19)30-26(31)21(15-29)12-18-13-23(28)25(24(14-18)32-2)33-16-20-10-6-7-11-22(20)27/h3-14,17H,16H2,1-2H3,(H,30,31)/b21-12-/t17-/m1/s1. The third-order valence-corrected chi connectivity index (χ3v) is 5.55. The van der Waals surface area contributed by atoms with Gasteiger partial charge < -0.3 is 14.8 Å². The van der Waals surface area contributed by atoms with Crippen LogP contribution in [0.2, 0.25) is 10.0 Å². The number of rotatable bonds is 8. The Balaban J connectivity index is 1.80. The fourth-order valence-electron chi connectivity index (χ4n) is 3.14. The molecule has 0 aliphatic heterocycles. The zero-order valence-corrected chi connectivity index (χ0v) is 19.7. The van der Waals surface area contributed by atoms with Crippen LogP contribution in [-0.2, 0) is 11.4 Å². The number of carbonyl (C=O) groups is 1. The van der Waals surface area contributed by atoms with Crippen molar-refractivity contribution in [3.63, 3.8) is 0 Å². The summed E-state index contributed by atoms with van der Waals surface area (Å²) in [5.74, 6) is 0.232. The van der Waals surface area contributed by atoms with Gasteiger partial charge >= 0.3 is 0 Å². The molecule has 0 bridgehead atoms. The molecule has 0 aromatic heterocycles. The van der Waals surface area contributed by atoms with Gasteiger partial charge in [0.05, 0.1) is 18.2 Å². The molecule has 3 aromatic rings. The average molecular weight is 481 g/mol. The van der Waals surface area contributed by atoms with Gasteiger partial charge in [0.25, 0.3) is 5.91 Å². The molecule has 1 atom stereocenters. The van der Waals surface area contributed by atoms with E-state index in [0.717, 1.165) is 11.1 Å². The van der Waals surface area contributed by atoms with Crippen molar-refractivity contribution in [2.45, 2.75) is 19.6 Å². The van der Waals surface area contributed by atoms with Gasteiger partial charge in [0.2, 0.25) is 0 Å². The molecule has 168 valence electrons. The first-order chi connectivity index (χ1) is 15.9. The van der Waals surface area contributed by atoms with Crippen molar-refractivity contribution in [2.24, 2.45) is 0 Å². The molecule has 33 heavy (non-hydrogen) atoms. The number of hydrogen-bond donors (Lipinski definition) is 1. The van der Waals surface area contributed by atoms with Crippen LogP contribution in [0.15, 0.2) is 72.3 Å². The zero-order chi connectivity index (χ0) is 23.8. The molecular weight excluding hydrogens is 459 g/mol. The highest BCUT2D eigenvalue weighted by atomic mass is 35.5. The number of nitriles is 1. The number of amides is 1. The van der Waals surface area contributed by atoms with Gasteiger partial charge in [-0.1, -0.05) is 71.7 Å². The van der Waals surface area contributed by atoms with Gasteiger partial charge in [0, 0.05) is 10.6 Å². The van der Waals surface area contributed by atoms with Crippen LogP contribution in [-0.4, -0.2) is 13.0 Å². The van der Waals surface area contributed by atoms with Gasteiger partial charge in [-0.15, -0.1) is 0 Å². The lowest BCUT2D eigenvalue weighted by Crippen LogP contribution is -2.27. The number of nitrogens with one attached hydrogen (secondary N) is 1. The largest absolute Gasteiger partial charge is 0.493 e. The molecule has 0 aliphatic carbocycles. The van der Waals surface area contributed by atoms with Crippen molar-refractivity contribution in [3.8, 4) is 17.6 Å². The molecule has 5 nitrogen and oxygen atoms in total. The minimum Gasteiger partial charge on any atom is -0.493 e. The molecule has 0 radical (unpaired) electrons. The van der Waals surface area contributed by atoms with Crippen LogP contribution < -0.4 is 14.8 Å². The van der Waals surface area contributed by atoms with E-state index in [-0.39, 0.29) is 23.2 Å². The number of nitrogens with zero attached hydrogens (tertiary/aromatic N) is 1. The first kappa shape index (κ1) is 24.2. The molecule has 7 heteroatoms. The molecule has 1 amide bonds. The normalized spacial score (nSPS) is 11.9. The minimum atomic E-state index is -0.483. The Bertz CT molecular complexity index is 1200. The highest BCUT2D eigenvalue weighted by Gasteiger charge is 2.16. The second kappa shape index (κ2) is 11.4. The van der Waals surface area contributed by atoms with E-state index in [1.54, 1.807) is 18.2 Å². The fraction of sp³-hybridized carbons (Fsp3) is 0.154. The van der Waals surface area contributed by atoms with Crippen molar-refractivity contribution in [1.82, 2.24) is 5.32 Å². The second-order valence-electron chi connectivity index (χ2n) is 7.19. The number of benzene rings is 3. The Morgan fingerprint density at radius 2 is 1.79 bits per heavy atom. The van der Waals surface area contributed by atoms with E-state index in [1.165, 1.54) is 13.2 Å². The number of hydrogen-bond acceptors (Lipinski definition) is 4. The maximum absolute atomic E-state index is 12.7. The molecule has 0 unspecified atom stereocenters. The van der Waals surface area contributed by atoms with Crippen molar-refractivity contribution in [3.05, 3.63) is 99.0 Å². The number of methoxy groups -OCH3 is 1. The molecule has 1 N–H and O–H groups in total. The Morgan fingerprint density at radius 1 is 1.09 bits per heavy atom. The molecule has 0 saturated carbocycles. The maximum Gasteiger partial charge on any atom is 0.262 e. The van der Waals surface area contributed by atoms with Crippen LogP contribution in [0.3, 0.4) is 0 Å². The van der Waals surface area contributed by atoms with E-state index in [0.29, 0.717) is 22.1 Å². The Morgan fingerprint density at radius 3 is 2.45 bits per heavy atom. The van der Waals surface area contributed by atoms with Crippen molar-refractivity contribution in [2.75, 3.05) is 7.11 Å². The van der Waals surface area contributed by atoms with Gasteiger partial charge in [0.1, 0.15) is 18.2 Å². The van der Waals surface area contributed by atoms with E-state index in [1.807, 2.05) is 61.5 Å². The SMILES string of the molecule is COc1cc(/C=C(/C#N)C(=O)N[C@H](C)c2ccccc2)cc(Cl)c1OCc1ccccc1Cl. The summed E-state index contributed by atoms with van der Waals surface area (Å²) in [5, 5.41) is 13.2. The van der Waals surface area contributed by atoms with Gasteiger partial charge in [-0.2, -0.15) is 5.26 Å². The predicted octanol–water partition coefficient (Wildman–Crippen LogP) is 6.37. The minimum absolute atomic E-state index is 0.0550. The fourth-order valence-corrected chi connectivity index (χ4v) is 3.61. The molecule has 0 spiro atoms. The first-order valence-corrected chi connectivity index (χ1v) is 10.9. The number of halogens is 2. The van der Waals surface area contributed by atoms with Crippen molar-refractivity contribution in [1.29, 1.82) is 5.26 Å². The van der Waals surface area contributed by atoms with Crippen LogP contribution in [0.4, 0.5) is 0 Å². The highest BCUT2D eigenvalue weighted by molar-refractivity contribution is 6.32. The van der Waals surface area contributed by atoms with Gasteiger partial charge in [-0.25, -0.2) is 0 Å². The Hall–Kier alpha value is -3.46. The lowest BCUT2D eigenvalue weighted by molar-refractivity contribution is -0.117. The smallest absolute Gasteiger partial charge is 0.262 e. The van der Waals surface area contributed by atoms with Gasteiger partial charge in [-0.3, -0.25) is 4.79 Å². The number of carbonyl (C=O) groups excluding carboxylic acids is 1. The summed E-state index contributed by atoms with van der Waals surface area (Å²) in [6.45, 7) is 2.06. The summed E-state index contributed by atoms with van der Waals surface area (Å²) in [6, 6.07) is 21.8. The second-order valence-corrected chi connectivity index (χ2v) is 8.00. The summed E-state index contributed by atoms with van der Waals surface area (Å²) in [7, 11) is 1.49. The Kier molecular flexibility index (Phi) is 8.37. The van der Waals surface area contributed by atoms with E-state index in [9.17, 15) is 10.1 Å². The van der Waals surface area contributed by atoms with Crippen LogP contribution in [0.5, 0.6) is 11.5 Å². The first-order valence-electron chi connectivity index (χ1n) is 10.1. The van der Waals surface area contributed by atoms with Crippen LogP contribution in [0.25, 0.3) is 6.08 Å². The van der Waals surface area contributed by atoms with Crippen molar-refractivity contribution >= 4 is 35.2 Å². The van der Waals surface area contributed by atoms with Crippen molar-refractivity contribution < 1.29 is 14.3 Å². The van der Waals surface area contributed by atoms with E-state index < -0.39 is 5.91 Å². The molecule has 3 aromatic carbocycles. The maximum atomic E-state index is 12.7. The van der Waals surface area contributed by atoms with Crippen LogP contribution in [0, 0.1) is 11.3 Å². The summed E-state index contributed by atoms with van der Waals surface area (Å²) in [6.07, 6.45) is 1.46. The predicted molar refractivity (Wildman–Crippen MR) is 130 cm³/mol. The molecule has 0 aliphatic rings. The van der Waals surface area contributed by atoms with Crippen LogP contribution >= 0.6 is 23.2 Å². The summed E-state index contributed by atoms with van der Waals surface area (Å²) in [5.41, 5.74) is 2.21. The van der Waals surface area contributed by atoms with E-state index in [2.05, 4.69) is 5.32 Å². The van der Waals surface area contributed by atoms with Crippen LogP contribution in [0.1, 0.15) is 29.7 Å². The molecule has 3 rings (SSSR count). The zero-order valence-electron chi connectivity index (χ0n) is 18.1. The quantitative estimate of drug-likeness (QED) is 0.300. The third-order valence-electron chi connectivity index (χ3n) is 4.90. The molecule has 0 saturated heterocycles. The summed E-state index contributed by atoms with van der Waals surface area (Å²) in [4.78, 5) is 12.7. The monoisotopic (exact) mass is 480 g/mol. The Labute approximate surface area is 203 Å². The van der Waals surface area contributed by atoms with E-state index >= 15 is 0 Å².